The predicted octanol–water partition coefficient (Wildman–Crippen LogP) is 2.05. The Morgan fingerprint density at radius 3 is 2.65 bits per heavy atom. The Balaban J connectivity index is 2.28. The number of carbonyl (C=O) groups is 1. The molecule has 0 saturated carbocycles. The highest BCUT2D eigenvalue weighted by Crippen LogP contribution is 2.35. The van der Waals surface area contributed by atoms with Crippen molar-refractivity contribution in [2.45, 2.75) is 38.0 Å². The minimum absolute atomic E-state index is 0.245. The van der Waals surface area contributed by atoms with Gasteiger partial charge >= 0.3 is 6.09 Å². The van der Waals surface area contributed by atoms with Gasteiger partial charge in [-0.15, -0.1) is 0 Å². The number of cyclic esters (lactones) is 1. The molecule has 110 valence electrons. The summed E-state index contributed by atoms with van der Waals surface area (Å²) >= 11 is 0. The molecule has 20 heavy (non-hydrogen) atoms. The number of nitrogens with zero attached hydrogens (tertiary/aromatic N) is 1. The highest BCUT2D eigenvalue weighted by Gasteiger charge is 2.47. The minimum Gasteiger partial charge on any atom is -0.447 e. The van der Waals surface area contributed by atoms with E-state index in [9.17, 15) is 15.0 Å². The smallest absolute Gasteiger partial charge is 0.412 e. The average molecular weight is 279 g/mol. The summed E-state index contributed by atoms with van der Waals surface area (Å²) in [7, 11) is 0. The molecule has 5 heteroatoms. The van der Waals surface area contributed by atoms with Crippen molar-refractivity contribution in [2.24, 2.45) is 0 Å². The largest absolute Gasteiger partial charge is 0.447 e. The molecule has 2 N–H and O–H groups in total. The molecule has 1 saturated heterocycles. The van der Waals surface area contributed by atoms with Crippen molar-refractivity contribution in [3.8, 4) is 0 Å². The fourth-order valence-electron chi connectivity index (χ4n) is 2.50. The van der Waals surface area contributed by atoms with Gasteiger partial charge in [0.1, 0.15) is 12.7 Å². The van der Waals surface area contributed by atoms with Gasteiger partial charge in [-0.2, -0.15) is 0 Å². The van der Waals surface area contributed by atoms with Gasteiger partial charge in [0.25, 0.3) is 0 Å². The van der Waals surface area contributed by atoms with Gasteiger partial charge in [-0.25, -0.2) is 4.79 Å². The van der Waals surface area contributed by atoms with Gasteiger partial charge in [-0.3, -0.25) is 4.90 Å². The maximum atomic E-state index is 11.8. The van der Waals surface area contributed by atoms with Crippen molar-refractivity contribution in [2.75, 3.05) is 13.2 Å². The first kappa shape index (κ1) is 14.8. The summed E-state index contributed by atoms with van der Waals surface area (Å²) in [6.45, 7) is 2.54. The molecule has 0 spiro atoms. The number of aliphatic hydroxyl groups is 2. The topological polar surface area (TPSA) is 70.0 Å². The zero-order valence-electron chi connectivity index (χ0n) is 11.7. The van der Waals surface area contributed by atoms with Crippen LogP contribution in [0, 0.1) is 0 Å². The number of rotatable bonds is 6. The molecule has 2 unspecified atom stereocenters. The lowest BCUT2D eigenvalue weighted by molar-refractivity contribution is -0.163. The zero-order chi connectivity index (χ0) is 14.6. The SMILES string of the molecule is CCCCC(O)(C(O)c1ccccc1)N1CCOC1=O. The summed E-state index contributed by atoms with van der Waals surface area (Å²) in [5.74, 6) is 0. The van der Waals surface area contributed by atoms with E-state index in [4.69, 9.17) is 4.74 Å². The lowest BCUT2D eigenvalue weighted by Crippen LogP contribution is -2.53. The summed E-state index contributed by atoms with van der Waals surface area (Å²) in [4.78, 5) is 13.0. The maximum Gasteiger partial charge on any atom is 0.412 e. The van der Waals surface area contributed by atoms with E-state index in [1.165, 1.54) is 4.90 Å². The van der Waals surface area contributed by atoms with Crippen LogP contribution in [-0.4, -0.2) is 40.1 Å². The monoisotopic (exact) mass is 279 g/mol. The molecule has 2 rings (SSSR count). The van der Waals surface area contributed by atoms with Crippen molar-refractivity contribution >= 4 is 6.09 Å². The molecular formula is C15H21NO4. The Morgan fingerprint density at radius 1 is 1.40 bits per heavy atom. The maximum absolute atomic E-state index is 11.8. The van der Waals surface area contributed by atoms with Crippen molar-refractivity contribution in [1.29, 1.82) is 0 Å². The lowest BCUT2D eigenvalue weighted by Gasteiger charge is -2.39. The minimum atomic E-state index is -1.62. The van der Waals surface area contributed by atoms with Crippen LogP contribution in [0.2, 0.25) is 0 Å². The van der Waals surface area contributed by atoms with E-state index >= 15 is 0 Å². The highest BCUT2D eigenvalue weighted by molar-refractivity contribution is 5.70. The summed E-state index contributed by atoms with van der Waals surface area (Å²) in [6.07, 6.45) is 0.172. The van der Waals surface area contributed by atoms with Crippen LogP contribution >= 0.6 is 0 Å². The van der Waals surface area contributed by atoms with Gasteiger partial charge in [0.05, 0.1) is 6.54 Å². The molecule has 0 aliphatic carbocycles. The summed E-state index contributed by atoms with van der Waals surface area (Å²) in [5, 5.41) is 21.5. The van der Waals surface area contributed by atoms with Gasteiger partial charge in [-0.05, 0) is 18.4 Å². The van der Waals surface area contributed by atoms with Crippen LogP contribution < -0.4 is 0 Å². The molecule has 2 atom stereocenters. The van der Waals surface area contributed by atoms with Gasteiger partial charge in [0.15, 0.2) is 5.72 Å². The van der Waals surface area contributed by atoms with Crippen LogP contribution in [0.5, 0.6) is 0 Å². The number of ether oxygens (including phenoxy) is 1. The third kappa shape index (κ3) is 2.78. The Hall–Kier alpha value is -1.59. The molecule has 1 amide bonds. The van der Waals surface area contributed by atoms with Gasteiger partial charge < -0.3 is 14.9 Å². The number of aliphatic hydroxyl groups excluding tert-OH is 1. The van der Waals surface area contributed by atoms with Crippen LogP contribution in [-0.2, 0) is 4.74 Å². The molecule has 0 aromatic heterocycles. The molecular weight excluding hydrogens is 258 g/mol. The van der Waals surface area contributed by atoms with Gasteiger partial charge in [-0.1, -0.05) is 43.7 Å². The van der Waals surface area contributed by atoms with E-state index in [0.29, 0.717) is 24.9 Å². The first-order valence-electron chi connectivity index (χ1n) is 6.99. The molecule has 1 aromatic rings. The fraction of sp³-hybridized carbons (Fsp3) is 0.533. The molecule has 1 aromatic carbocycles. The number of hydrogen-bond acceptors (Lipinski definition) is 4. The van der Waals surface area contributed by atoms with Crippen LogP contribution in [0.15, 0.2) is 30.3 Å². The molecule has 0 bridgehead atoms. The van der Waals surface area contributed by atoms with E-state index in [1.54, 1.807) is 24.3 Å². The van der Waals surface area contributed by atoms with E-state index in [-0.39, 0.29) is 6.61 Å². The van der Waals surface area contributed by atoms with Gasteiger partial charge in [0, 0.05) is 0 Å². The van der Waals surface area contributed by atoms with E-state index in [0.717, 1.165) is 6.42 Å². The average Bonchev–Trinajstić information content (AvgIpc) is 2.91. The van der Waals surface area contributed by atoms with E-state index in [1.807, 2.05) is 13.0 Å². The fourth-order valence-corrected chi connectivity index (χ4v) is 2.50. The molecule has 1 heterocycles. The molecule has 5 nitrogen and oxygen atoms in total. The summed E-state index contributed by atoms with van der Waals surface area (Å²) < 4.78 is 4.89. The zero-order valence-corrected chi connectivity index (χ0v) is 11.7. The number of hydrogen-bond donors (Lipinski definition) is 2. The van der Waals surface area contributed by atoms with E-state index < -0.39 is 17.9 Å². The van der Waals surface area contributed by atoms with Crippen LogP contribution in [0.4, 0.5) is 4.79 Å². The summed E-state index contributed by atoms with van der Waals surface area (Å²) in [6, 6.07) is 8.90. The number of amides is 1. The Morgan fingerprint density at radius 2 is 2.10 bits per heavy atom. The first-order valence-corrected chi connectivity index (χ1v) is 6.99. The second kappa shape index (κ2) is 6.24. The Kier molecular flexibility index (Phi) is 4.62. The van der Waals surface area contributed by atoms with Crippen LogP contribution in [0.25, 0.3) is 0 Å². The molecule has 1 fully saturated rings. The standard InChI is InChI=1S/C15H21NO4/c1-2-3-9-15(19,16-10-11-20-14(16)18)13(17)12-7-5-4-6-8-12/h4-8,13,17,19H,2-3,9-11H2,1H3. The van der Waals surface area contributed by atoms with Gasteiger partial charge in [0.2, 0.25) is 0 Å². The quantitative estimate of drug-likeness (QED) is 0.836. The molecule has 1 aliphatic heterocycles. The summed E-state index contributed by atoms with van der Waals surface area (Å²) in [5.41, 5.74) is -1.03. The van der Waals surface area contributed by atoms with Crippen LogP contribution in [0.1, 0.15) is 37.9 Å². The van der Waals surface area contributed by atoms with Crippen molar-refractivity contribution < 1.29 is 19.7 Å². The highest BCUT2D eigenvalue weighted by atomic mass is 16.6. The molecule has 1 aliphatic rings. The van der Waals surface area contributed by atoms with Crippen molar-refractivity contribution in [3.63, 3.8) is 0 Å². The number of carbonyl (C=O) groups excluding carboxylic acids is 1. The second-order valence-electron chi connectivity index (χ2n) is 5.06. The number of benzene rings is 1. The van der Waals surface area contributed by atoms with Crippen molar-refractivity contribution in [1.82, 2.24) is 4.90 Å². The lowest BCUT2D eigenvalue weighted by atomic mass is 9.92. The third-order valence-corrected chi connectivity index (χ3v) is 3.68. The third-order valence-electron chi connectivity index (χ3n) is 3.68. The Bertz CT molecular complexity index is 450. The Labute approximate surface area is 118 Å². The second-order valence-corrected chi connectivity index (χ2v) is 5.06. The molecule has 0 radical (unpaired) electrons. The van der Waals surface area contributed by atoms with Crippen molar-refractivity contribution in [3.05, 3.63) is 35.9 Å². The first-order chi connectivity index (χ1) is 9.59. The normalized spacial score (nSPS) is 19.6. The number of unbranched alkanes of at least 4 members (excludes halogenated alkanes) is 1. The van der Waals surface area contributed by atoms with Crippen LogP contribution in [0.3, 0.4) is 0 Å². The van der Waals surface area contributed by atoms with E-state index in [2.05, 4.69) is 0 Å². The predicted molar refractivity (Wildman–Crippen MR) is 73.9 cm³/mol.